The van der Waals surface area contributed by atoms with Gasteiger partial charge >= 0.3 is 6.18 Å². The Morgan fingerprint density at radius 3 is 2.39 bits per heavy atom. The normalized spacial score (nSPS) is 15.0. The summed E-state index contributed by atoms with van der Waals surface area (Å²) in [5, 5.41) is 3.69. The molecule has 3 aromatic rings. The lowest BCUT2D eigenvalue weighted by Crippen LogP contribution is -2.40. The number of nitrogens with zero attached hydrogens (tertiary/aromatic N) is 3. The first kappa shape index (κ1) is 18.3. The highest BCUT2D eigenvalue weighted by Gasteiger charge is 2.35. The third kappa shape index (κ3) is 3.53. The fourth-order valence-electron chi connectivity index (χ4n) is 3.01. The fourth-order valence-corrected chi connectivity index (χ4v) is 3.01. The number of hydrogen-bond acceptors (Lipinski definition) is 4. The first-order valence-corrected chi connectivity index (χ1v) is 8.62. The molecule has 3 heterocycles. The van der Waals surface area contributed by atoms with Crippen LogP contribution in [0.1, 0.15) is 16.1 Å². The van der Waals surface area contributed by atoms with E-state index in [-0.39, 0.29) is 17.4 Å². The lowest BCUT2D eigenvalue weighted by molar-refractivity contribution is -0.141. The number of aromatic nitrogens is 2. The van der Waals surface area contributed by atoms with E-state index in [4.69, 9.17) is 9.15 Å². The molecule has 1 saturated heterocycles. The number of amides is 1. The summed E-state index contributed by atoms with van der Waals surface area (Å²) in [6.07, 6.45) is -3.21. The highest BCUT2D eigenvalue weighted by atomic mass is 19.4. The molecule has 1 aliphatic heterocycles. The highest BCUT2D eigenvalue weighted by Crippen LogP contribution is 2.33. The number of rotatable bonds is 3. The molecule has 1 aromatic carbocycles. The van der Waals surface area contributed by atoms with Crippen molar-refractivity contribution in [2.24, 2.45) is 0 Å². The van der Waals surface area contributed by atoms with Crippen molar-refractivity contribution in [3.05, 3.63) is 60.0 Å². The molecule has 0 unspecified atom stereocenters. The molecular weight excluding hydrogens is 375 g/mol. The Kier molecular flexibility index (Phi) is 4.68. The first-order valence-electron chi connectivity index (χ1n) is 8.62. The maximum Gasteiger partial charge on any atom is 0.435 e. The van der Waals surface area contributed by atoms with Crippen molar-refractivity contribution in [2.45, 2.75) is 6.18 Å². The molecule has 28 heavy (non-hydrogen) atoms. The van der Waals surface area contributed by atoms with Gasteiger partial charge in [-0.25, -0.2) is 4.68 Å². The second-order valence-electron chi connectivity index (χ2n) is 6.25. The van der Waals surface area contributed by atoms with Gasteiger partial charge in [-0.1, -0.05) is 0 Å². The zero-order chi connectivity index (χ0) is 19.7. The lowest BCUT2D eigenvalue weighted by Gasteiger charge is -2.26. The van der Waals surface area contributed by atoms with Gasteiger partial charge in [0, 0.05) is 24.7 Å². The molecule has 1 fully saturated rings. The van der Waals surface area contributed by atoms with Crippen LogP contribution in [-0.2, 0) is 10.9 Å². The van der Waals surface area contributed by atoms with Crippen molar-refractivity contribution in [1.82, 2.24) is 14.7 Å². The van der Waals surface area contributed by atoms with E-state index in [1.165, 1.54) is 6.26 Å². The fraction of sp³-hybridized carbons (Fsp3) is 0.263. The van der Waals surface area contributed by atoms with Gasteiger partial charge in [0.05, 0.1) is 25.2 Å². The van der Waals surface area contributed by atoms with Crippen LogP contribution in [0.25, 0.3) is 17.1 Å². The molecule has 0 saturated carbocycles. The Bertz CT molecular complexity index is 957. The molecule has 146 valence electrons. The van der Waals surface area contributed by atoms with Crippen molar-refractivity contribution < 1.29 is 27.1 Å². The summed E-state index contributed by atoms with van der Waals surface area (Å²) < 4.78 is 51.1. The lowest BCUT2D eigenvalue weighted by atomic mass is 10.1. The summed E-state index contributed by atoms with van der Waals surface area (Å²) in [6, 6.07) is 10.4. The van der Waals surface area contributed by atoms with Gasteiger partial charge in [0.2, 0.25) is 0 Å². The molecule has 0 aliphatic carbocycles. The SMILES string of the molecule is O=C(c1ccc(-n2nc(C(F)(F)F)cc2-c2ccco2)cc1)N1CCOCC1. The molecule has 0 N–H and O–H groups in total. The minimum atomic E-state index is -4.58. The Labute approximate surface area is 158 Å². The number of ether oxygens (including phenoxy) is 1. The largest absolute Gasteiger partial charge is 0.463 e. The van der Waals surface area contributed by atoms with E-state index < -0.39 is 11.9 Å². The topological polar surface area (TPSA) is 60.5 Å². The minimum Gasteiger partial charge on any atom is -0.463 e. The number of hydrogen-bond donors (Lipinski definition) is 0. The van der Waals surface area contributed by atoms with Crippen molar-refractivity contribution in [1.29, 1.82) is 0 Å². The van der Waals surface area contributed by atoms with E-state index >= 15 is 0 Å². The Morgan fingerprint density at radius 1 is 1.07 bits per heavy atom. The molecule has 0 radical (unpaired) electrons. The highest BCUT2D eigenvalue weighted by molar-refractivity contribution is 5.94. The molecular formula is C19H16F3N3O3. The number of halogens is 3. The summed E-state index contributed by atoms with van der Waals surface area (Å²) in [5.74, 6) is 0.119. The van der Waals surface area contributed by atoms with Crippen molar-refractivity contribution in [2.75, 3.05) is 26.3 Å². The van der Waals surface area contributed by atoms with E-state index in [1.54, 1.807) is 41.3 Å². The molecule has 0 atom stereocenters. The van der Waals surface area contributed by atoms with Crippen LogP contribution in [0.2, 0.25) is 0 Å². The number of furan rings is 1. The molecule has 1 aliphatic rings. The third-order valence-electron chi connectivity index (χ3n) is 4.43. The van der Waals surface area contributed by atoms with E-state index in [2.05, 4.69) is 5.10 Å². The zero-order valence-electron chi connectivity index (χ0n) is 14.6. The second-order valence-corrected chi connectivity index (χ2v) is 6.25. The summed E-state index contributed by atoms with van der Waals surface area (Å²) in [4.78, 5) is 14.2. The van der Waals surface area contributed by atoms with Gasteiger partial charge < -0.3 is 14.1 Å². The van der Waals surface area contributed by atoms with Gasteiger partial charge in [-0.15, -0.1) is 0 Å². The average Bonchev–Trinajstić information content (AvgIpc) is 3.37. The third-order valence-corrected chi connectivity index (χ3v) is 4.43. The van der Waals surface area contributed by atoms with E-state index in [0.717, 1.165) is 10.7 Å². The van der Waals surface area contributed by atoms with Crippen molar-refractivity contribution in [3.8, 4) is 17.1 Å². The monoisotopic (exact) mass is 391 g/mol. The molecule has 0 spiro atoms. The average molecular weight is 391 g/mol. The minimum absolute atomic E-state index is 0.141. The van der Waals surface area contributed by atoms with Crippen LogP contribution in [-0.4, -0.2) is 46.9 Å². The molecule has 4 rings (SSSR count). The van der Waals surface area contributed by atoms with Crippen LogP contribution in [0.5, 0.6) is 0 Å². The number of carbonyl (C=O) groups excluding carboxylic acids is 1. The van der Waals surface area contributed by atoms with Crippen LogP contribution in [0.4, 0.5) is 13.2 Å². The predicted molar refractivity (Wildman–Crippen MR) is 93.0 cm³/mol. The summed E-state index contributed by atoms with van der Waals surface area (Å²) in [6.45, 7) is 2.00. The number of morpholine rings is 1. The number of benzene rings is 1. The summed E-state index contributed by atoms with van der Waals surface area (Å²) in [7, 11) is 0. The number of carbonyl (C=O) groups is 1. The first-order chi connectivity index (χ1) is 13.4. The van der Waals surface area contributed by atoms with Crippen LogP contribution < -0.4 is 0 Å². The van der Waals surface area contributed by atoms with Gasteiger partial charge in [0.25, 0.3) is 5.91 Å². The van der Waals surface area contributed by atoms with Crippen LogP contribution >= 0.6 is 0 Å². The molecule has 9 heteroatoms. The van der Waals surface area contributed by atoms with Crippen LogP contribution in [0, 0.1) is 0 Å². The molecule has 1 amide bonds. The Balaban J connectivity index is 1.67. The summed E-state index contributed by atoms with van der Waals surface area (Å²) >= 11 is 0. The van der Waals surface area contributed by atoms with E-state index in [1.807, 2.05) is 0 Å². The Morgan fingerprint density at radius 2 is 1.79 bits per heavy atom. The van der Waals surface area contributed by atoms with Crippen molar-refractivity contribution >= 4 is 5.91 Å². The predicted octanol–water partition coefficient (Wildman–Crippen LogP) is 3.62. The standard InChI is InChI=1S/C19H16F3N3O3/c20-19(21,22)17-12-15(16-2-1-9-28-16)25(23-17)14-5-3-13(4-6-14)18(26)24-7-10-27-11-8-24/h1-6,9,12H,7-8,10-11H2. The van der Waals surface area contributed by atoms with Crippen LogP contribution in [0.3, 0.4) is 0 Å². The maximum absolute atomic E-state index is 13.1. The smallest absolute Gasteiger partial charge is 0.435 e. The second kappa shape index (κ2) is 7.16. The molecule has 6 nitrogen and oxygen atoms in total. The van der Waals surface area contributed by atoms with Crippen molar-refractivity contribution in [3.63, 3.8) is 0 Å². The van der Waals surface area contributed by atoms with Gasteiger partial charge in [0.1, 0.15) is 5.69 Å². The van der Waals surface area contributed by atoms with Gasteiger partial charge in [0.15, 0.2) is 11.5 Å². The van der Waals surface area contributed by atoms with Gasteiger partial charge in [-0.2, -0.15) is 18.3 Å². The van der Waals surface area contributed by atoms with Gasteiger partial charge in [-0.3, -0.25) is 4.79 Å². The quantitative estimate of drug-likeness (QED) is 0.684. The molecule has 0 bridgehead atoms. The summed E-state index contributed by atoms with van der Waals surface area (Å²) in [5.41, 5.74) is -0.00854. The van der Waals surface area contributed by atoms with Gasteiger partial charge in [-0.05, 0) is 36.4 Å². The zero-order valence-corrected chi connectivity index (χ0v) is 14.6. The van der Waals surface area contributed by atoms with E-state index in [9.17, 15) is 18.0 Å². The Hall–Kier alpha value is -3.07. The maximum atomic E-state index is 13.1. The van der Waals surface area contributed by atoms with Crippen LogP contribution in [0.15, 0.2) is 53.1 Å². The molecule has 2 aromatic heterocycles. The number of alkyl halides is 3. The van der Waals surface area contributed by atoms with E-state index in [0.29, 0.717) is 37.6 Å².